The number of carbonyl (C=O) groups is 1. The lowest BCUT2D eigenvalue weighted by molar-refractivity contribution is -0.124. The Kier molecular flexibility index (Phi) is 6.48. The molecule has 27 heavy (non-hydrogen) atoms. The number of nitriles is 1. The fraction of sp³-hybridized carbons (Fsp3) is 0.474. The predicted octanol–water partition coefficient (Wildman–Crippen LogP) is 2.56. The number of hydrogen-bond donors (Lipinski definition) is 1. The number of ether oxygens (including phenoxy) is 1. The molecule has 0 atom stereocenters. The second-order valence-electron chi connectivity index (χ2n) is 6.47. The number of nitrogens with zero attached hydrogens (tertiary/aromatic N) is 3. The van der Waals surface area contributed by atoms with E-state index in [0.29, 0.717) is 55.5 Å². The molecule has 0 radical (unpaired) electrons. The monoisotopic (exact) mass is 386 g/mol. The van der Waals surface area contributed by atoms with Crippen molar-refractivity contribution in [2.75, 3.05) is 19.5 Å². The third kappa shape index (κ3) is 4.87. The van der Waals surface area contributed by atoms with Crippen LogP contribution in [0.3, 0.4) is 0 Å². The van der Waals surface area contributed by atoms with Crippen molar-refractivity contribution in [3.63, 3.8) is 0 Å². The van der Waals surface area contributed by atoms with Crippen molar-refractivity contribution in [1.29, 1.82) is 5.26 Å². The zero-order chi connectivity index (χ0) is 19.1. The van der Waals surface area contributed by atoms with E-state index in [1.165, 1.54) is 0 Å². The Morgan fingerprint density at radius 1 is 1.33 bits per heavy atom. The molecule has 0 spiro atoms. The smallest absolute Gasteiger partial charge is 0.227 e. The van der Waals surface area contributed by atoms with Crippen molar-refractivity contribution in [3.8, 4) is 6.07 Å². The Hall–Kier alpha value is -2.37. The molecule has 8 heteroatoms. The second-order valence-corrected chi connectivity index (χ2v) is 7.34. The fourth-order valence-electron chi connectivity index (χ4n) is 3.20. The number of hydrogen-bond acceptors (Lipinski definition) is 7. The highest BCUT2D eigenvalue weighted by molar-refractivity contribution is 7.97. The minimum atomic E-state index is -0.470. The Bertz CT molecular complexity index is 807. The molecule has 7 nitrogen and oxygen atoms in total. The van der Waals surface area contributed by atoms with Gasteiger partial charge in [-0.1, -0.05) is 17.3 Å². The molecular weight excluding hydrogens is 364 g/mol. The van der Waals surface area contributed by atoms with E-state index in [2.05, 4.69) is 21.5 Å². The third-order valence-electron chi connectivity index (χ3n) is 4.64. The summed E-state index contributed by atoms with van der Waals surface area (Å²) in [6, 6.07) is 9.51. The molecule has 2 aromatic rings. The van der Waals surface area contributed by atoms with Gasteiger partial charge in [0.05, 0.1) is 22.9 Å². The number of thioether (sulfide) groups is 1. The van der Waals surface area contributed by atoms with Crippen molar-refractivity contribution in [2.45, 2.75) is 37.0 Å². The molecule has 1 amide bonds. The van der Waals surface area contributed by atoms with Crippen molar-refractivity contribution in [2.24, 2.45) is 0 Å². The molecule has 142 valence electrons. The lowest BCUT2D eigenvalue weighted by atomic mass is 9.82. The number of benzene rings is 1. The molecule has 3 rings (SSSR count). The first-order valence-electron chi connectivity index (χ1n) is 8.85. The summed E-state index contributed by atoms with van der Waals surface area (Å²) >= 11 is 1.62. The van der Waals surface area contributed by atoms with Crippen LogP contribution in [-0.2, 0) is 27.2 Å². The standard InChI is InChI=1S/C19H22N4O3S/c1-27-13-16-21-18(26-23-16)7-6-17(24)22-19(8-10-25-11-9-19)15-4-2-14(12-20)3-5-15/h2-5H,6-11,13H2,1H3,(H,22,24). The molecule has 0 unspecified atom stereocenters. The van der Waals surface area contributed by atoms with Gasteiger partial charge in [-0.2, -0.15) is 22.0 Å². The van der Waals surface area contributed by atoms with Gasteiger partial charge in [-0.3, -0.25) is 4.79 Å². The maximum Gasteiger partial charge on any atom is 0.227 e. The topological polar surface area (TPSA) is 101 Å². The van der Waals surface area contributed by atoms with Crippen LogP contribution in [0, 0.1) is 11.3 Å². The number of aryl methyl sites for hydroxylation is 1. The van der Waals surface area contributed by atoms with Crippen LogP contribution < -0.4 is 5.32 Å². The zero-order valence-corrected chi connectivity index (χ0v) is 16.1. The summed E-state index contributed by atoms with van der Waals surface area (Å²) in [4.78, 5) is 16.9. The maximum absolute atomic E-state index is 12.6. The van der Waals surface area contributed by atoms with Crippen molar-refractivity contribution < 1.29 is 14.1 Å². The summed E-state index contributed by atoms with van der Waals surface area (Å²) in [6.45, 7) is 1.17. The van der Waals surface area contributed by atoms with Gasteiger partial charge in [0, 0.05) is 26.1 Å². The van der Waals surface area contributed by atoms with Crippen LogP contribution in [0.4, 0.5) is 0 Å². The van der Waals surface area contributed by atoms with E-state index in [1.54, 1.807) is 23.9 Å². The quantitative estimate of drug-likeness (QED) is 0.780. The van der Waals surface area contributed by atoms with Gasteiger partial charge in [-0.15, -0.1) is 0 Å². The van der Waals surface area contributed by atoms with Crippen molar-refractivity contribution >= 4 is 17.7 Å². The SMILES string of the molecule is CSCc1noc(CCC(=O)NC2(c3ccc(C#N)cc3)CCOCC2)n1. The second kappa shape index (κ2) is 9.02. The Labute approximate surface area is 162 Å². The van der Waals surface area contributed by atoms with Crippen molar-refractivity contribution in [1.82, 2.24) is 15.5 Å². The van der Waals surface area contributed by atoms with Gasteiger partial charge in [0.1, 0.15) is 0 Å². The van der Waals surface area contributed by atoms with Gasteiger partial charge in [0.15, 0.2) is 5.82 Å². The van der Waals surface area contributed by atoms with E-state index in [-0.39, 0.29) is 12.3 Å². The first-order valence-corrected chi connectivity index (χ1v) is 10.2. The molecule has 1 saturated heterocycles. The van der Waals surface area contributed by atoms with Gasteiger partial charge in [-0.25, -0.2) is 0 Å². The lowest BCUT2D eigenvalue weighted by Crippen LogP contribution is -2.49. The summed E-state index contributed by atoms with van der Waals surface area (Å²) in [6.07, 6.45) is 4.05. The predicted molar refractivity (Wildman–Crippen MR) is 101 cm³/mol. The van der Waals surface area contributed by atoms with Gasteiger partial charge in [0.25, 0.3) is 0 Å². The molecule has 1 aromatic carbocycles. The molecule has 1 aromatic heterocycles. The van der Waals surface area contributed by atoms with Crippen molar-refractivity contribution in [3.05, 3.63) is 47.1 Å². The molecule has 0 aliphatic carbocycles. The first-order chi connectivity index (χ1) is 13.1. The molecule has 0 bridgehead atoms. The fourth-order valence-corrected chi connectivity index (χ4v) is 3.57. The number of rotatable bonds is 7. The van der Waals surface area contributed by atoms with E-state index in [4.69, 9.17) is 14.5 Å². The third-order valence-corrected chi connectivity index (χ3v) is 5.19. The Morgan fingerprint density at radius 2 is 2.07 bits per heavy atom. The average Bonchev–Trinajstić information content (AvgIpc) is 3.15. The number of carbonyl (C=O) groups excluding carboxylic acids is 1. The number of aromatic nitrogens is 2. The summed E-state index contributed by atoms with van der Waals surface area (Å²) in [5, 5.41) is 16.1. The zero-order valence-electron chi connectivity index (χ0n) is 15.2. The van der Waals surface area contributed by atoms with Crippen LogP contribution in [0.25, 0.3) is 0 Å². The van der Waals surface area contributed by atoms with Crippen LogP contribution in [0.5, 0.6) is 0 Å². The van der Waals surface area contributed by atoms with E-state index in [1.807, 2.05) is 18.4 Å². The number of nitrogens with one attached hydrogen (secondary N) is 1. The van der Waals surface area contributed by atoms with Crippen LogP contribution in [0.1, 0.15) is 42.1 Å². The van der Waals surface area contributed by atoms with E-state index < -0.39 is 5.54 Å². The minimum Gasteiger partial charge on any atom is -0.381 e. The Balaban J connectivity index is 1.66. The van der Waals surface area contributed by atoms with E-state index >= 15 is 0 Å². The molecule has 1 N–H and O–H groups in total. The molecule has 1 aliphatic heterocycles. The minimum absolute atomic E-state index is 0.0640. The summed E-state index contributed by atoms with van der Waals surface area (Å²) in [5.74, 6) is 1.76. The highest BCUT2D eigenvalue weighted by atomic mass is 32.2. The van der Waals surface area contributed by atoms with Crippen LogP contribution in [0.2, 0.25) is 0 Å². The molecule has 2 heterocycles. The maximum atomic E-state index is 12.6. The van der Waals surface area contributed by atoms with Crippen LogP contribution >= 0.6 is 11.8 Å². The summed E-state index contributed by atoms with van der Waals surface area (Å²) in [7, 11) is 0. The van der Waals surface area contributed by atoms with Crippen LogP contribution in [-0.4, -0.2) is 35.5 Å². The summed E-state index contributed by atoms with van der Waals surface area (Å²) < 4.78 is 10.7. The van der Waals surface area contributed by atoms with Gasteiger partial charge < -0.3 is 14.6 Å². The lowest BCUT2D eigenvalue weighted by Gasteiger charge is -2.38. The highest BCUT2D eigenvalue weighted by Crippen LogP contribution is 2.32. The van der Waals surface area contributed by atoms with E-state index in [0.717, 1.165) is 5.56 Å². The van der Waals surface area contributed by atoms with Crippen LogP contribution in [0.15, 0.2) is 28.8 Å². The molecule has 0 saturated carbocycles. The normalized spacial score (nSPS) is 15.9. The number of amides is 1. The van der Waals surface area contributed by atoms with E-state index in [9.17, 15) is 4.79 Å². The first kappa shape index (κ1) is 19.4. The Morgan fingerprint density at radius 3 is 2.74 bits per heavy atom. The molecule has 1 fully saturated rings. The molecular formula is C19H22N4O3S. The van der Waals surface area contributed by atoms with Gasteiger partial charge >= 0.3 is 0 Å². The molecule has 1 aliphatic rings. The van der Waals surface area contributed by atoms with Gasteiger partial charge in [-0.05, 0) is 36.8 Å². The summed E-state index contributed by atoms with van der Waals surface area (Å²) in [5.41, 5.74) is 1.13. The highest BCUT2D eigenvalue weighted by Gasteiger charge is 2.35. The average molecular weight is 386 g/mol. The van der Waals surface area contributed by atoms with Gasteiger partial charge in [0.2, 0.25) is 11.8 Å². The largest absolute Gasteiger partial charge is 0.381 e.